The van der Waals surface area contributed by atoms with E-state index in [2.05, 4.69) is 17.0 Å². The molecule has 1 aromatic rings. The summed E-state index contributed by atoms with van der Waals surface area (Å²) in [7, 11) is 3.29. The summed E-state index contributed by atoms with van der Waals surface area (Å²) in [6.07, 6.45) is 3.08. The highest BCUT2D eigenvalue weighted by Gasteiger charge is 2.28. The standard InChI is InChI=1S/C15H20N2O2/c1-18-14-7-4-12(10-15(14)19-2)11-17(9-3-8-16)13-5-6-13/h4,7,10,13H,3,5-6,9,11H2,1-2H3. The summed E-state index contributed by atoms with van der Waals surface area (Å²) < 4.78 is 10.6. The molecule has 0 amide bonds. The molecule has 1 fully saturated rings. The molecule has 2 rings (SSSR count). The average molecular weight is 260 g/mol. The zero-order valence-electron chi connectivity index (χ0n) is 11.6. The van der Waals surface area contributed by atoms with Crippen LogP contribution in [-0.4, -0.2) is 31.7 Å². The van der Waals surface area contributed by atoms with Gasteiger partial charge in [0.05, 0.1) is 20.3 Å². The van der Waals surface area contributed by atoms with Gasteiger partial charge in [-0.2, -0.15) is 5.26 Å². The highest BCUT2D eigenvalue weighted by Crippen LogP contribution is 2.31. The van der Waals surface area contributed by atoms with Gasteiger partial charge < -0.3 is 9.47 Å². The Morgan fingerprint density at radius 3 is 2.58 bits per heavy atom. The molecule has 0 heterocycles. The van der Waals surface area contributed by atoms with Gasteiger partial charge in [0.1, 0.15) is 0 Å². The zero-order valence-corrected chi connectivity index (χ0v) is 11.6. The van der Waals surface area contributed by atoms with E-state index in [-0.39, 0.29) is 0 Å². The van der Waals surface area contributed by atoms with Crippen LogP contribution in [0.25, 0.3) is 0 Å². The second kappa shape index (κ2) is 6.44. The number of nitrogens with zero attached hydrogens (tertiary/aromatic N) is 2. The van der Waals surface area contributed by atoms with Crippen LogP contribution in [0.15, 0.2) is 18.2 Å². The monoisotopic (exact) mass is 260 g/mol. The summed E-state index contributed by atoms with van der Waals surface area (Å²) in [5.41, 5.74) is 1.20. The maximum Gasteiger partial charge on any atom is 0.161 e. The van der Waals surface area contributed by atoms with E-state index in [1.54, 1.807) is 14.2 Å². The normalized spacial score (nSPS) is 14.2. The second-order valence-corrected chi connectivity index (χ2v) is 4.80. The first-order valence-corrected chi connectivity index (χ1v) is 6.60. The Labute approximate surface area is 114 Å². The molecule has 19 heavy (non-hydrogen) atoms. The maximum absolute atomic E-state index is 8.72. The van der Waals surface area contributed by atoms with E-state index in [9.17, 15) is 0 Å². The van der Waals surface area contributed by atoms with Crippen LogP contribution < -0.4 is 9.47 Å². The molecule has 1 aliphatic rings. The van der Waals surface area contributed by atoms with Crippen LogP contribution >= 0.6 is 0 Å². The maximum atomic E-state index is 8.72. The average Bonchev–Trinajstić information content (AvgIpc) is 3.27. The van der Waals surface area contributed by atoms with Gasteiger partial charge in [-0.05, 0) is 30.5 Å². The molecule has 1 saturated carbocycles. The SMILES string of the molecule is COc1ccc(CN(CCC#N)C2CC2)cc1OC. The van der Waals surface area contributed by atoms with Crippen molar-refractivity contribution in [3.8, 4) is 17.6 Å². The lowest BCUT2D eigenvalue weighted by Crippen LogP contribution is -2.26. The molecule has 0 aliphatic heterocycles. The van der Waals surface area contributed by atoms with E-state index in [0.717, 1.165) is 24.6 Å². The second-order valence-electron chi connectivity index (χ2n) is 4.80. The Bertz CT molecular complexity index is 464. The number of nitriles is 1. The van der Waals surface area contributed by atoms with Crippen LogP contribution in [0.2, 0.25) is 0 Å². The number of rotatable bonds is 7. The molecule has 4 heteroatoms. The number of methoxy groups -OCH3 is 2. The van der Waals surface area contributed by atoms with Crippen LogP contribution in [0.5, 0.6) is 11.5 Å². The Morgan fingerprint density at radius 1 is 1.26 bits per heavy atom. The molecular formula is C15H20N2O2. The molecule has 1 aromatic carbocycles. The highest BCUT2D eigenvalue weighted by atomic mass is 16.5. The Hall–Kier alpha value is -1.73. The van der Waals surface area contributed by atoms with Gasteiger partial charge in [0.15, 0.2) is 11.5 Å². The molecule has 0 aromatic heterocycles. The van der Waals surface area contributed by atoms with Crippen LogP contribution in [-0.2, 0) is 6.54 Å². The minimum absolute atomic E-state index is 0.587. The lowest BCUT2D eigenvalue weighted by Gasteiger charge is -2.21. The molecule has 1 aliphatic carbocycles. The fraction of sp³-hybridized carbons (Fsp3) is 0.533. The topological polar surface area (TPSA) is 45.5 Å². The van der Waals surface area contributed by atoms with Gasteiger partial charge in [0.2, 0.25) is 0 Å². The van der Waals surface area contributed by atoms with Gasteiger partial charge >= 0.3 is 0 Å². The fourth-order valence-corrected chi connectivity index (χ4v) is 2.24. The highest BCUT2D eigenvalue weighted by molar-refractivity contribution is 5.42. The molecule has 102 valence electrons. The van der Waals surface area contributed by atoms with Gasteiger partial charge in [-0.1, -0.05) is 6.07 Å². The van der Waals surface area contributed by atoms with Gasteiger partial charge in [-0.3, -0.25) is 4.90 Å². The van der Waals surface area contributed by atoms with Crippen molar-refractivity contribution >= 4 is 0 Å². The third kappa shape index (κ3) is 3.62. The lowest BCUT2D eigenvalue weighted by atomic mass is 10.2. The van der Waals surface area contributed by atoms with Gasteiger partial charge in [0.25, 0.3) is 0 Å². The molecule has 0 spiro atoms. The van der Waals surface area contributed by atoms with Crippen LogP contribution in [0, 0.1) is 11.3 Å². The van der Waals surface area contributed by atoms with Crippen molar-refractivity contribution in [2.75, 3.05) is 20.8 Å². The van der Waals surface area contributed by atoms with Crippen LogP contribution in [0.1, 0.15) is 24.8 Å². The summed E-state index contributed by atoms with van der Waals surface area (Å²) in [4.78, 5) is 2.38. The van der Waals surface area contributed by atoms with Crippen molar-refractivity contribution in [1.29, 1.82) is 5.26 Å². The third-order valence-corrected chi connectivity index (χ3v) is 3.41. The fourth-order valence-electron chi connectivity index (χ4n) is 2.24. The van der Waals surface area contributed by atoms with E-state index < -0.39 is 0 Å². The zero-order chi connectivity index (χ0) is 13.7. The first kappa shape index (κ1) is 13.7. The quantitative estimate of drug-likeness (QED) is 0.756. The molecule has 4 nitrogen and oxygen atoms in total. The molecule has 0 bridgehead atoms. The Morgan fingerprint density at radius 2 is 2.00 bits per heavy atom. The van der Waals surface area contributed by atoms with Crippen LogP contribution in [0.3, 0.4) is 0 Å². The van der Waals surface area contributed by atoms with Crippen LogP contribution in [0.4, 0.5) is 0 Å². The number of benzene rings is 1. The largest absolute Gasteiger partial charge is 0.493 e. The predicted molar refractivity (Wildman–Crippen MR) is 73.2 cm³/mol. The minimum Gasteiger partial charge on any atom is -0.493 e. The number of hydrogen-bond donors (Lipinski definition) is 0. The summed E-state index contributed by atoms with van der Waals surface area (Å²) in [6.45, 7) is 1.71. The number of ether oxygens (including phenoxy) is 2. The predicted octanol–water partition coefficient (Wildman–Crippen LogP) is 2.58. The van der Waals surface area contributed by atoms with Crippen molar-refractivity contribution in [1.82, 2.24) is 4.90 Å². The molecular weight excluding hydrogens is 240 g/mol. The summed E-state index contributed by atoms with van der Waals surface area (Å²) in [5.74, 6) is 1.51. The number of hydrogen-bond acceptors (Lipinski definition) is 4. The van der Waals surface area contributed by atoms with Gasteiger partial charge in [-0.15, -0.1) is 0 Å². The Kier molecular flexibility index (Phi) is 4.64. The Balaban J connectivity index is 2.06. The molecule has 0 unspecified atom stereocenters. The first-order chi connectivity index (χ1) is 9.28. The summed E-state index contributed by atoms with van der Waals surface area (Å²) in [5, 5.41) is 8.72. The van der Waals surface area contributed by atoms with Gasteiger partial charge in [-0.25, -0.2) is 0 Å². The molecule has 0 N–H and O–H groups in total. The van der Waals surface area contributed by atoms with Crippen molar-refractivity contribution in [2.24, 2.45) is 0 Å². The first-order valence-electron chi connectivity index (χ1n) is 6.60. The van der Waals surface area contributed by atoms with E-state index in [1.165, 1.54) is 18.4 Å². The van der Waals surface area contributed by atoms with Crippen molar-refractivity contribution in [3.05, 3.63) is 23.8 Å². The summed E-state index contributed by atoms with van der Waals surface area (Å²) >= 11 is 0. The smallest absolute Gasteiger partial charge is 0.161 e. The third-order valence-electron chi connectivity index (χ3n) is 3.41. The summed E-state index contributed by atoms with van der Waals surface area (Å²) in [6, 6.07) is 8.88. The van der Waals surface area contributed by atoms with Crippen molar-refractivity contribution in [3.63, 3.8) is 0 Å². The minimum atomic E-state index is 0.587. The lowest BCUT2D eigenvalue weighted by molar-refractivity contribution is 0.260. The molecule has 0 atom stereocenters. The van der Waals surface area contributed by atoms with E-state index in [1.807, 2.05) is 12.1 Å². The van der Waals surface area contributed by atoms with Crippen molar-refractivity contribution < 1.29 is 9.47 Å². The van der Waals surface area contributed by atoms with Gasteiger partial charge in [0, 0.05) is 25.6 Å². The van der Waals surface area contributed by atoms with E-state index in [0.29, 0.717) is 12.5 Å². The van der Waals surface area contributed by atoms with Crippen molar-refractivity contribution in [2.45, 2.75) is 31.8 Å². The van der Waals surface area contributed by atoms with E-state index in [4.69, 9.17) is 14.7 Å². The molecule has 0 radical (unpaired) electrons. The molecule has 0 saturated heterocycles. The van der Waals surface area contributed by atoms with E-state index >= 15 is 0 Å².